The van der Waals surface area contributed by atoms with Gasteiger partial charge < -0.3 is 38.9 Å². The van der Waals surface area contributed by atoms with Gasteiger partial charge in [-0.05, 0) is 130 Å². The fourth-order valence-corrected chi connectivity index (χ4v) is 8.53. The SMILES string of the molecule is COc1c(C[C@H](NC(=O)C(NC(=O)OC(C)(C)C)c2cc(F)c(C(=O)OC(C)(C)C)cc2Cl)B2O[C@@H]3C[C@@H]4C[C@@H](C4(C)C)[C@]3(C)O2)cccc1C(=O)OC(C)(C)C. The van der Waals surface area contributed by atoms with E-state index in [9.17, 15) is 19.2 Å². The van der Waals surface area contributed by atoms with Crippen molar-refractivity contribution in [1.82, 2.24) is 10.6 Å². The fraction of sp³-hybridized carbons (Fsp3) is 0.619. The van der Waals surface area contributed by atoms with Crippen molar-refractivity contribution >= 4 is 42.7 Å². The highest BCUT2D eigenvalue weighted by Crippen LogP contribution is 2.65. The summed E-state index contributed by atoms with van der Waals surface area (Å²) < 4.78 is 51.5. The smallest absolute Gasteiger partial charge is 0.482 e. The van der Waals surface area contributed by atoms with Gasteiger partial charge >= 0.3 is 25.2 Å². The number of amides is 2. The third-order valence-electron chi connectivity index (χ3n) is 10.9. The standard InChI is InChI=1S/C42H57BClFN2O10/c1-38(2,3)53-35(49)24-16-14-15-22(33(24)52-13)17-31(43-56-30-19-23-18-29(41(23,10)11)42(30,12)57-43)46-34(48)32(47-37(51)55-40(7,8)9)25-21-28(45)26(20-27(25)44)36(50)54-39(4,5)6/h14-16,20-21,23,29-32H,17-19H2,1-13H3,(H,46,48)(H,47,51)/t23-,29-,30+,31-,32?,42-/m0/s1. The lowest BCUT2D eigenvalue weighted by Gasteiger charge is -2.64. The molecule has 0 radical (unpaired) electrons. The van der Waals surface area contributed by atoms with Crippen molar-refractivity contribution in [2.75, 3.05) is 7.11 Å². The largest absolute Gasteiger partial charge is 0.496 e. The topological polar surface area (TPSA) is 148 Å². The molecule has 6 atom stereocenters. The Morgan fingerprint density at radius 3 is 2.05 bits per heavy atom. The number of halogens is 2. The highest BCUT2D eigenvalue weighted by atomic mass is 35.5. The number of rotatable bonds is 10. The van der Waals surface area contributed by atoms with E-state index in [-0.39, 0.29) is 45.8 Å². The second-order valence-electron chi connectivity index (χ2n) is 19.1. The van der Waals surface area contributed by atoms with E-state index in [1.165, 1.54) is 7.11 Å². The maximum Gasteiger partial charge on any atom is 0.482 e. The molecule has 2 amide bonds. The molecule has 3 aliphatic carbocycles. The van der Waals surface area contributed by atoms with Crippen molar-refractivity contribution in [3.8, 4) is 5.75 Å². The molecule has 1 heterocycles. The van der Waals surface area contributed by atoms with Gasteiger partial charge in [0.25, 0.3) is 0 Å². The number of hydrogen-bond donors (Lipinski definition) is 2. The molecule has 1 unspecified atom stereocenters. The summed E-state index contributed by atoms with van der Waals surface area (Å²) in [5.41, 5.74) is -3.16. The molecule has 1 saturated heterocycles. The normalized spacial score (nSPS) is 23.6. The van der Waals surface area contributed by atoms with Crippen LogP contribution in [0.3, 0.4) is 0 Å². The van der Waals surface area contributed by atoms with Gasteiger partial charge in [0.05, 0.1) is 30.3 Å². The van der Waals surface area contributed by atoms with Gasteiger partial charge in [0.1, 0.15) is 40.0 Å². The average Bonchev–Trinajstić information content (AvgIpc) is 3.42. The number of alkyl carbamates (subject to hydrolysis) is 1. The summed E-state index contributed by atoms with van der Waals surface area (Å²) in [6.45, 7) is 21.7. The molecule has 4 fully saturated rings. The van der Waals surface area contributed by atoms with Crippen molar-refractivity contribution in [3.63, 3.8) is 0 Å². The predicted octanol–water partition coefficient (Wildman–Crippen LogP) is 7.96. The van der Waals surface area contributed by atoms with E-state index in [0.29, 0.717) is 11.5 Å². The number of hydrogen-bond acceptors (Lipinski definition) is 10. The number of benzene rings is 2. The zero-order chi connectivity index (χ0) is 42.6. The number of carbonyl (C=O) groups is 4. The highest BCUT2D eigenvalue weighted by Gasteiger charge is 2.68. The molecule has 0 spiro atoms. The van der Waals surface area contributed by atoms with Gasteiger partial charge in [-0.1, -0.05) is 37.6 Å². The van der Waals surface area contributed by atoms with E-state index < -0.39 is 76.8 Å². The van der Waals surface area contributed by atoms with Crippen LogP contribution in [-0.4, -0.2) is 72.6 Å². The Bertz CT molecular complexity index is 1900. The van der Waals surface area contributed by atoms with Gasteiger partial charge in [-0.15, -0.1) is 0 Å². The van der Waals surface area contributed by atoms with Crippen LogP contribution in [0.5, 0.6) is 5.75 Å². The average molecular weight is 815 g/mol. The molecule has 1 aliphatic heterocycles. The quantitative estimate of drug-likeness (QED) is 0.138. The molecule has 2 bridgehead atoms. The Labute approximate surface area is 340 Å². The molecule has 2 aromatic rings. The zero-order valence-electron chi connectivity index (χ0n) is 35.3. The van der Waals surface area contributed by atoms with Crippen LogP contribution < -0.4 is 15.4 Å². The molecule has 0 aromatic heterocycles. The van der Waals surface area contributed by atoms with Gasteiger partial charge in [0.2, 0.25) is 5.91 Å². The number of ether oxygens (including phenoxy) is 4. The minimum Gasteiger partial charge on any atom is -0.496 e. The molecule has 57 heavy (non-hydrogen) atoms. The van der Waals surface area contributed by atoms with Crippen molar-refractivity contribution in [1.29, 1.82) is 0 Å². The minimum absolute atomic E-state index is 0.0297. The maximum absolute atomic E-state index is 15.8. The summed E-state index contributed by atoms with van der Waals surface area (Å²) >= 11 is 6.69. The summed E-state index contributed by atoms with van der Waals surface area (Å²) in [4.78, 5) is 54.1. The number of esters is 2. The van der Waals surface area contributed by atoms with Crippen LogP contribution >= 0.6 is 11.6 Å². The van der Waals surface area contributed by atoms with Crippen LogP contribution in [0, 0.1) is 23.1 Å². The molecule has 2 N–H and O–H groups in total. The number of methoxy groups -OCH3 is 1. The Balaban J connectivity index is 1.55. The second kappa shape index (κ2) is 15.7. The Hall–Kier alpha value is -3.88. The van der Waals surface area contributed by atoms with Gasteiger partial charge in [-0.25, -0.2) is 18.8 Å². The first-order chi connectivity index (χ1) is 26.1. The van der Waals surface area contributed by atoms with E-state index in [1.54, 1.807) is 80.5 Å². The van der Waals surface area contributed by atoms with Crippen LogP contribution in [0.1, 0.15) is 134 Å². The molecule has 2 aromatic carbocycles. The third kappa shape index (κ3) is 9.71. The van der Waals surface area contributed by atoms with Gasteiger partial charge in [0, 0.05) is 10.6 Å². The van der Waals surface area contributed by atoms with Crippen molar-refractivity contribution in [3.05, 3.63) is 63.4 Å². The summed E-state index contributed by atoms with van der Waals surface area (Å²) in [5, 5.41) is 5.36. The Kier molecular flexibility index (Phi) is 12.2. The van der Waals surface area contributed by atoms with Crippen LogP contribution in [0.15, 0.2) is 30.3 Å². The minimum atomic E-state index is -1.63. The van der Waals surface area contributed by atoms with Crippen LogP contribution in [0.2, 0.25) is 5.02 Å². The monoisotopic (exact) mass is 814 g/mol. The first kappa shape index (κ1) is 44.2. The van der Waals surface area contributed by atoms with E-state index >= 15 is 4.39 Å². The molecule has 3 saturated carbocycles. The lowest BCUT2D eigenvalue weighted by Crippen LogP contribution is -2.65. The molecule has 4 aliphatic rings. The first-order valence-corrected chi connectivity index (χ1v) is 19.8. The molecular weight excluding hydrogens is 758 g/mol. The van der Waals surface area contributed by atoms with Gasteiger partial charge in [0.15, 0.2) is 0 Å². The third-order valence-corrected chi connectivity index (χ3v) is 11.3. The highest BCUT2D eigenvalue weighted by molar-refractivity contribution is 6.48. The van der Waals surface area contributed by atoms with Gasteiger partial charge in [-0.3, -0.25) is 4.79 Å². The first-order valence-electron chi connectivity index (χ1n) is 19.4. The summed E-state index contributed by atoms with van der Waals surface area (Å²) in [5.74, 6) is -3.44. The lowest BCUT2D eigenvalue weighted by atomic mass is 9.43. The predicted molar refractivity (Wildman–Crippen MR) is 213 cm³/mol. The van der Waals surface area contributed by atoms with E-state index in [1.807, 2.05) is 6.92 Å². The molecule has 12 nitrogen and oxygen atoms in total. The zero-order valence-corrected chi connectivity index (χ0v) is 36.1. The van der Waals surface area contributed by atoms with Crippen LogP contribution in [-0.2, 0) is 34.7 Å². The molecule has 15 heteroatoms. The lowest BCUT2D eigenvalue weighted by molar-refractivity contribution is -0.199. The van der Waals surface area contributed by atoms with Crippen molar-refractivity contribution in [2.45, 2.75) is 143 Å². The Morgan fingerprint density at radius 2 is 1.49 bits per heavy atom. The number of carbonyl (C=O) groups excluding carboxylic acids is 4. The Morgan fingerprint density at radius 1 is 0.895 bits per heavy atom. The van der Waals surface area contributed by atoms with Gasteiger partial charge in [-0.2, -0.15) is 0 Å². The van der Waals surface area contributed by atoms with Crippen LogP contribution in [0.4, 0.5) is 9.18 Å². The van der Waals surface area contributed by atoms with Crippen molar-refractivity contribution in [2.24, 2.45) is 17.3 Å². The van der Waals surface area contributed by atoms with Crippen LogP contribution in [0.25, 0.3) is 0 Å². The molecular formula is C42H57BClFN2O10. The molecule has 312 valence electrons. The fourth-order valence-electron chi connectivity index (χ4n) is 8.25. The summed E-state index contributed by atoms with van der Waals surface area (Å²) in [6.07, 6.45) is 0.566. The summed E-state index contributed by atoms with van der Waals surface area (Å²) in [7, 11) is 0.449. The second-order valence-corrected chi connectivity index (χ2v) is 19.5. The number of para-hydroxylation sites is 1. The van der Waals surface area contributed by atoms with E-state index in [0.717, 1.165) is 25.0 Å². The molecule has 6 rings (SSSR count). The summed E-state index contributed by atoms with van der Waals surface area (Å²) in [6, 6.07) is 5.39. The number of nitrogens with one attached hydrogen (secondary N) is 2. The van der Waals surface area contributed by atoms with E-state index in [4.69, 9.17) is 39.9 Å². The maximum atomic E-state index is 15.8. The van der Waals surface area contributed by atoms with Crippen molar-refractivity contribution < 1.29 is 51.8 Å². The van der Waals surface area contributed by atoms with E-state index in [2.05, 4.69) is 24.5 Å².